The number of benzene rings is 3. The van der Waals surface area contributed by atoms with Crippen molar-refractivity contribution in [2.24, 2.45) is 0 Å². The van der Waals surface area contributed by atoms with E-state index in [9.17, 15) is 14.0 Å². The maximum Gasteiger partial charge on any atom is 0.308 e. The summed E-state index contributed by atoms with van der Waals surface area (Å²) in [7, 11) is 0. The normalized spacial score (nSPS) is 11.2. The van der Waals surface area contributed by atoms with Gasteiger partial charge in [-0.1, -0.05) is 12.1 Å². The van der Waals surface area contributed by atoms with Gasteiger partial charge in [-0.2, -0.15) is 0 Å². The predicted octanol–water partition coefficient (Wildman–Crippen LogP) is 5.05. The Morgan fingerprint density at radius 3 is 2.00 bits per heavy atom. The van der Waals surface area contributed by atoms with E-state index in [1.807, 2.05) is 6.92 Å². The number of carbonyl (C=O) groups is 2. The molecule has 0 saturated heterocycles. The zero-order valence-corrected chi connectivity index (χ0v) is 18.3. The first-order valence-corrected chi connectivity index (χ1v) is 10.2. The molecule has 164 valence electrons. The lowest BCUT2D eigenvalue weighted by Crippen LogP contribution is -2.30. The number of nitrogens with one attached hydrogen (secondary N) is 3. The largest absolute Gasteiger partial charge is 0.427 e. The van der Waals surface area contributed by atoms with Gasteiger partial charge in [-0.15, -0.1) is 0 Å². The molecule has 3 aromatic rings. The second kappa shape index (κ2) is 10.5. The maximum absolute atomic E-state index is 13.1. The fourth-order valence-corrected chi connectivity index (χ4v) is 3.17. The van der Waals surface area contributed by atoms with E-state index in [0.29, 0.717) is 22.1 Å². The van der Waals surface area contributed by atoms with Crippen molar-refractivity contribution in [2.45, 2.75) is 19.9 Å². The molecule has 3 aromatic carbocycles. The molecule has 3 N–H and O–H groups in total. The Labute approximate surface area is 190 Å². The van der Waals surface area contributed by atoms with Crippen LogP contribution in [0.1, 0.15) is 35.8 Å². The number of amides is 1. The lowest BCUT2D eigenvalue weighted by Gasteiger charge is -2.17. The van der Waals surface area contributed by atoms with Crippen molar-refractivity contribution in [2.75, 3.05) is 10.6 Å². The van der Waals surface area contributed by atoms with Crippen LogP contribution in [0.25, 0.3) is 0 Å². The van der Waals surface area contributed by atoms with Gasteiger partial charge < -0.3 is 20.7 Å². The molecule has 8 heteroatoms. The minimum Gasteiger partial charge on any atom is -0.427 e. The lowest BCUT2D eigenvalue weighted by atomic mass is 10.1. The third kappa shape index (κ3) is 6.61. The molecule has 32 heavy (non-hydrogen) atoms. The standard InChI is InChI=1S/C24H22FN3O3S/c1-15(17-3-7-19(25)8-4-17)26-24(32)28-21-11-9-20(10-12-21)27-23(30)18-5-13-22(14-6-18)31-16(2)29/h3-15H,1-2H3,(H,27,30)(H2,26,28,32). The summed E-state index contributed by atoms with van der Waals surface area (Å²) in [5.41, 5.74) is 2.71. The van der Waals surface area contributed by atoms with Gasteiger partial charge in [0.1, 0.15) is 11.6 Å². The van der Waals surface area contributed by atoms with E-state index in [2.05, 4.69) is 16.0 Å². The van der Waals surface area contributed by atoms with Crippen LogP contribution in [0.3, 0.4) is 0 Å². The topological polar surface area (TPSA) is 79.5 Å². The van der Waals surface area contributed by atoms with Crippen LogP contribution in [0.4, 0.5) is 15.8 Å². The number of carbonyl (C=O) groups excluding carboxylic acids is 2. The minimum atomic E-state index is -0.421. The minimum absolute atomic E-state index is 0.0959. The summed E-state index contributed by atoms with van der Waals surface area (Å²) in [5.74, 6) is -0.614. The number of anilines is 2. The smallest absolute Gasteiger partial charge is 0.308 e. The van der Waals surface area contributed by atoms with Crippen LogP contribution in [0.15, 0.2) is 72.8 Å². The van der Waals surface area contributed by atoms with E-state index in [1.165, 1.54) is 19.1 Å². The van der Waals surface area contributed by atoms with Crippen molar-refractivity contribution in [3.05, 3.63) is 89.7 Å². The highest BCUT2D eigenvalue weighted by Crippen LogP contribution is 2.18. The average molecular weight is 452 g/mol. The molecule has 0 fully saturated rings. The van der Waals surface area contributed by atoms with E-state index in [-0.39, 0.29) is 17.8 Å². The molecule has 0 saturated carbocycles. The van der Waals surface area contributed by atoms with Crippen LogP contribution in [0, 0.1) is 5.82 Å². The van der Waals surface area contributed by atoms with E-state index in [0.717, 1.165) is 11.3 Å². The van der Waals surface area contributed by atoms with Gasteiger partial charge >= 0.3 is 5.97 Å². The summed E-state index contributed by atoms with van der Waals surface area (Å²) in [5, 5.41) is 9.45. The second-order valence-corrected chi connectivity index (χ2v) is 7.43. The summed E-state index contributed by atoms with van der Waals surface area (Å²) >= 11 is 5.34. The van der Waals surface area contributed by atoms with Crippen LogP contribution >= 0.6 is 12.2 Å². The van der Waals surface area contributed by atoms with Gasteiger partial charge in [-0.05, 0) is 85.4 Å². The van der Waals surface area contributed by atoms with Crippen molar-refractivity contribution in [1.82, 2.24) is 5.32 Å². The molecule has 0 aliphatic heterocycles. The Morgan fingerprint density at radius 1 is 0.875 bits per heavy atom. The quantitative estimate of drug-likeness (QED) is 0.277. The number of esters is 1. The molecule has 3 rings (SSSR count). The third-order valence-corrected chi connectivity index (χ3v) is 4.72. The SMILES string of the molecule is CC(=O)Oc1ccc(C(=O)Nc2ccc(NC(=S)NC(C)c3ccc(F)cc3)cc2)cc1. The van der Waals surface area contributed by atoms with Crippen molar-refractivity contribution in [3.63, 3.8) is 0 Å². The fraction of sp³-hybridized carbons (Fsp3) is 0.125. The Morgan fingerprint density at radius 2 is 1.44 bits per heavy atom. The molecule has 0 bridgehead atoms. The van der Waals surface area contributed by atoms with Crippen LogP contribution < -0.4 is 20.7 Å². The summed E-state index contributed by atoms with van der Waals surface area (Å²) < 4.78 is 18.0. The second-order valence-electron chi connectivity index (χ2n) is 7.02. The van der Waals surface area contributed by atoms with Crippen molar-refractivity contribution >= 4 is 40.6 Å². The highest BCUT2D eigenvalue weighted by molar-refractivity contribution is 7.80. The molecular weight excluding hydrogens is 429 g/mol. The number of rotatable bonds is 6. The Kier molecular flexibility index (Phi) is 7.51. The molecule has 0 heterocycles. The van der Waals surface area contributed by atoms with E-state index < -0.39 is 5.97 Å². The first kappa shape index (κ1) is 22.9. The number of ether oxygens (including phenoxy) is 1. The number of thiocarbonyl (C=S) groups is 1. The summed E-state index contributed by atoms with van der Waals surface area (Å²) in [4.78, 5) is 23.4. The van der Waals surface area contributed by atoms with Crippen molar-refractivity contribution in [3.8, 4) is 5.75 Å². The molecule has 1 amide bonds. The molecule has 6 nitrogen and oxygen atoms in total. The van der Waals surface area contributed by atoms with Gasteiger partial charge in [0.25, 0.3) is 5.91 Å². The lowest BCUT2D eigenvalue weighted by molar-refractivity contribution is -0.131. The molecule has 1 unspecified atom stereocenters. The Bertz CT molecular complexity index is 1100. The van der Waals surface area contributed by atoms with Crippen LogP contribution in [-0.4, -0.2) is 17.0 Å². The fourth-order valence-electron chi connectivity index (χ4n) is 2.88. The predicted molar refractivity (Wildman–Crippen MR) is 126 cm³/mol. The van der Waals surface area contributed by atoms with Gasteiger partial charge in [0.2, 0.25) is 0 Å². The third-order valence-electron chi connectivity index (χ3n) is 4.50. The maximum atomic E-state index is 13.1. The van der Waals surface area contributed by atoms with Gasteiger partial charge in [0.15, 0.2) is 5.11 Å². The van der Waals surface area contributed by atoms with Gasteiger partial charge in [-0.3, -0.25) is 9.59 Å². The Balaban J connectivity index is 1.53. The Hall–Kier alpha value is -3.78. The van der Waals surface area contributed by atoms with Crippen LogP contribution in [0.2, 0.25) is 0 Å². The molecule has 0 aliphatic rings. The molecule has 0 aromatic heterocycles. The molecule has 1 atom stereocenters. The highest BCUT2D eigenvalue weighted by atomic mass is 32.1. The zero-order chi connectivity index (χ0) is 23.1. The molecular formula is C24H22FN3O3S. The van der Waals surface area contributed by atoms with Crippen molar-refractivity contribution < 1.29 is 18.7 Å². The molecule has 0 spiro atoms. The monoisotopic (exact) mass is 451 g/mol. The first-order chi connectivity index (χ1) is 15.3. The van der Waals surface area contributed by atoms with E-state index in [1.54, 1.807) is 60.7 Å². The molecule has 0 aliphatic carbocycles. The number of hydrogen-bond acceptors (Lipinski definition) is 4. The highest BCUT2D eigenvalue weighted by Gasteiger charge is 2.09. The zero-order valence-electron chi connectivity index (χ0n) is 17.5. The molecule has 0 radical (unpaired) electrons. The number of halogens is 1. The average Bonchev–Trinajstić information content (AvgIpc) is 2.75. The summed E-state index contributed by atoms with van der Waals surface area (Å²) in [6, 6.07) is 19.5. The van der Waals surface area contributed by atoms with Crippen molar-refractivity contribution in [1.29, 1.82) is 0 Å². The summed E-state index contributed by atoms with van der Waals surface area (Å²) in [6.07, 6.45) is 0. The van der Waals surface area contributed by atoms with Gasteiger partial charge in [0, 0.05) is 23.9 Å². The van der Waals surface area contributed by atoms with E-state index in [4.69, 9.17) is 17.0 Å². The summed E-state index contributed by atoms with van der Waals surface area (Å²) in [6.45, 7) is 3.24. The van der Waals surface area contributed by atoms with E-state index >= 15 is 0 Å². The van der Waals surface area contributed by atoms with Crippen LogP contribution in [-0.2, 0) is 4.79 Å². The van der Waals surface area contributed by atoms with Gasteiger partial charge in [0.05, 0.1) is 6.04 Å². The van der Waals surface area contributed by atoms with Gasteiger partial charge in [-0.25, -0.2) is 4.39 Å². The number of hydrogen-bond donors (Lipinski definition) is 3. The van der Waals surface area contributed by atoms with Crippen LogP contribution in [0.5, 0.6) is 5.75 Å². The first-order valence-electron chi connectivity index (χ1n) is 9.83.